The molecule has 6 heteroatoms. The standard InChI is InChI=1S/C23H32FN3O2/c1-21(2,14-7-8-14)13-18(28)25-20-26-19-16(24)11-15(22(3,4)29)12-17(19)27(20)23(5)9-6-10-23/h11-12,14,29H,6-10,13H2,1-5H3,(H,25,26,28). The van der Waals surface area contributed by atoms with E-state index in [1.807, 2.05) is 4.57 Å². The summed E-state index contributed by atoms with van der Waals surface area (Å²) in [5.41, 5.74) is -0.0555. The van der Waals surface area contributed by atoms with E-state index in [1.165, 1.54) is 18.9 Å². The Labute approximate surface area is 171 Å². The number of imidazole rings is 1. The number of carbonyl (C=O) groups excluding carboxylic acids is 1. The summed E-state index contributed by atoms with van der Waals surface area (Å²) < 4.78 is 16.9. The highest BCUT2D eigenvalue weighted by Crippen LogP contribution is 2.48. The Kier molecular flexibility index (Phi) is 4.57. The maximum absolute atomic E-state index is 14.9. The lowest BCUT2D eigenvalue weighted by atomic mass is 9.78. The summed E-state index contributed by atoms with van der Waals surface area (Å²) in [6, 6.07) is 3.14. The van der Waals surface area contributed by atoms with Crippen molar-refractivity contribution in [2.75, 3.05) is 5.32 Å². The molecule has 0 bridgehead atoms. The lowest BCUT2D eigenvalue weighted by molar-refractivity contribution is -0.118. The van der Waals surface area contributed by atoms with Crippen molar-refractivity contribution in [1.29, 1.82) is 0 Å². The molecule has 2 saturated carbocycles. The normalized spacial score (nSPS) is 19.3. The topological polar surface area (TPSA) is 67.2 Å². The van der Waals surface area contributed by atoms with Crippen molar-refractivity contribution in [2.45, 2.75) is 84.3 Å². The van der Waals surface area contributed by atoms with Crippen molar-refractivity contribution in [2.24, 2.45) is 11.3 Å². The second-order valence-corrected chi connectivity index (χ2v) is 10.5. The van der Waals surface area contributed by atoms with Crippen LogP contribution in [-0.2, 0) is 15.9 Å². The monoisotopic (exact) mass is 401 g/mol. The van der Waals surface area contributed by atoms with Crippen LogP contribution in [0.5, 0.6) is 0 Å². The molecule has 0 spiro atoms. The molecular weight excluding hydrogens is 369 g/mol. The van der Waals surface area contributed by atoms with Gasteiger partial charge < -0.3 is 9.67 Å². The lowest BCUT2D eigenvalue weighted by Gasteiger charge is -2.41. The molecule has 2 aliphatic carbocycles. The molecule has 1 aromatic heterocycles. The van der Waals surface area contributed by atoms with Crippen LogP contribution in [0.15, 0.2) is 12.1 Å². The molecule has 4 rings (SSSR count). The maximum atomic E-state index is 14.9. The number of hydrogen-bond acceptors (Lipinski definition) is 3. The minimum Gasteiger partial charge on any atom is -0.386 e. The second kappa shape index (κ2) is 6.53. The van der Waals surface area contributed by atoms with Gasteiger partial charge in [-0.3, -0.25) is 10.1 Å². The summed E-state index contributed by atoms with van der Waals surface area (Å²) in [7, 11) is 0. The Morgan fingerprint density at radius 3 is 2.48 bits per heavy atom. The summed E-state index contributed by atoms with van der Waals surface area (Å²) in [6.07, 6.45) is 5.77. The van der Waals surface area contributed by atoms with E-state index in [-0.39, 0.29) is 22.4 Å². The van der Waals surface area contributed by atoms with E-state index < -0.39 is 11.4 Å². The quantitative estimate of drug-likeness (QED) is 0.710. The molecule has 0 atom stereocenters. The van der Waals surface area contributed by atoms with Crippen LogP contribution >= 0.6 is 0 Å². The maximum Gasteiger partial charge on any atom is 0.227 e. The molecule has 0 saturated heterocycles. The fourth-order valence-electron chi connectivity index (χ4n) is 4.62. The molecule has 1 heterocycles. The van der Waals surface area contributed by atoms with Crippen LogP contribution in [-0.4, -0.2) is 20.6 Å². The molecule has 0 aliphatic heterocycles. The van der Waals surface area contributed by atoms with Gasteiger partial charge in [-0.2, -0.15) is 0 Å². The van der Waals surface area contributed by atoms with Gasteiger partial charge in [-0.25, -0.2) is 9.37 Å². The van der Waals surface area contributed by atoms with E-state index in [9.17, 15) is 14.3 Å². The fraction of sp³-hybridized carbons (Fsp3) is 0.652. The summed E-state index contributed by atoms with van der Waals surface area (Å²) in [5, 5.41) is 13.4. The zero-order chi connectivity index (χ0) is 21.2. The average molecular weight is 402 g/mol. The first kappa shape index (κ1) is 20.3. The number of fused-ring (bicyclic) bond motifs is 1. The van der Waals surface area contributed by atoms with E-state index in [2.05, 4.69) is 31.1 Å². The Morgan fingerprint density at radius 1 is 1.31 bits per heavy atom. The Hall–Kier alpha value is -1.95. The molecule has 29 heavy (non-hydrogen) atoms. The summed E-state index contributed by atoms with van der Waals surface area (Å²) in [6.45, 7) is 9.67. The summed E-state index contributed by atoms with van der Waals surface area (Å²) in [4.78, 5) is 17.3. The third kappa shape index (κ3) is 3.67. The summed E-state index contributed by atoms with van der Waals surface area (Å²) in [5.74, 6) is 0.452. The van der Waals surface area contributed by atoms with Crippen LogP contribution in [0.1, 0.15) is 78.7 Å². The predicted octanol–water partition coefficient (Wildman–Crippen LogP) is 5.07. The molecule has 1 aromatic carbocycles. The van der Waals surface area contributed by atoms with Gasteiger partial charge in [0.15, 0.2) is 5.82 Å². The number of halogens is 1. The zero-order valence-electron chi connectivity index (χ0n) is 18.1. The first-order chi connectivity index (χ1) is 13.4. The SMILES string of the molecule is CC(C)(O)c1cc(F)c2nc(NC(=O)CC(C)(C)C3CC3)n(C3(C)CCC3)c2c1. The molecular formula is C23H32FN3O2. The molecule has 0 unspecified atom stereocenters. The first-order valence-corrected chi connectivity index (χ1v) is 10.7. The number of amides is 1. The molecule has 158 valence electrons. The highest BCUT2D eigenvalue weighted by atomic mass is 19.1. The fourth-order valence-corrected chi connectivity index (χ4v) is 4.62. The van der Waals surface area contributed by atoms with Crippen LogP contribution in [0.2, 0.25) is 0 Å². The van der Waals surface area contributed by atoms with Crippen LogP contribution < -0.4 is 5.32 Å². The van der Waals surface area contributed by atoms with Gasteiger partial charge in [0.05, 0.1) is 11.1 Å². The molecule has 5 nitrogen and oxygen atoms in total. The van der Waals surface area contributed by atoms with E-state index in [4.69, 9.17) is 0 Å². The first-order valence-electron chi connectivity index (χ1n) is 10.7. The van der Waals surface area contributed by atoms with Crippen LogP contribution in [0, 0.1) is 17.2 Å². The van der Waals surface area contributed by atoms with Crippen LogP contribution in [0.25, 0.3) is 11.0 Å². The van der Waals surface area contributed by atoms with Gasteiger partial charge in [0.1, 0.15) is 5.52 Å². The Morgan fingerprint density at radius 2 is 1.97 bits per heavy atom. The van der Waals surface area contributed by atoms with Crippen molar-refractivity contribution in [3.05, 3.63) is 23.5 Å². The van der Waals surface area contributed by atoms with Gasteiger partial charge in [0.25, 0.3) is 0 Å². The van der Waals surface area contributed by atoms with Crippen LogP contribution in [0.3, 0.4) is 0 Å². The number of nitrogens with one attached hydrogen (secondary N) is 1. The minimum atomic E-state index is -1.16. The lowest BCUT2D eigenvalue weighted by Crippen LogP contribution is -2.38. The number of benzene rings is 1. The molecule has 2 N–H and O–H groups in total. The molecule has 2 fully saturated rings. The molecule has 2 aliphatic rings. The molecule has 2 aromatic rings. The highest BCUT2D eigenvalue weighted by Gasteiger charge is 2.41. The zero-order valence-corrected chi connectivity index (χ0v) is 18.1. The largest absolute Gasteiger partial charge is 0.386 e. The van der Waals surface area contributed by atoms with Gasteiger partial charge >= 0.3 is 0 Å². The van der Waals surface area contributed by atoms with E-state index in [0.717, 1.165) is 19.3 Å². The number of carbonyl (C=O) groups is 1. The highest BCUT2D eigenvalue weighted by molar-refractivity contribution is 5.92. The number of aliphatic hydroxyl groups is 1. The number of hydrogen-bond donors (Lipinski definition) is 2. The smallest absolute Gasteiger partial charge is 0.227 e. The van der Waals surface area contributed by atoms with Gasteiger partial charge in [-0.05, 0) is 81.9 Å². The summed E-state index contributed by atoms with van der Waals surface area (Å²) >= 11 is 0. The van der Waals surface area contributed by atoms with Gasteiger partial charge in [0.2, 0.25) is 11.9 Å². The number of aromatic nitrogens is 2. The number of anilines is 1. The van der Waals surface area contributed by atoms with E-state index >= 15 is 0 Å². The number of nitrogens with zero attached hydrogens (tertiary/aromatic N) is 2. The second-order valence-electron chi connectivity index (χ2n) is 10.5. The van der Waals surface area contributed by atoms with E-state index in [0.29, 0.717) is 29.4 Å². The minimum absolute atomic E-state index is 0.0410. The van der Waals surface area contributed by atoms with Crippen molar-refractivity contribution < 1.29 is 14.3 Å². The molecule has 0 radical (unpaired) electrons. The Balaban J connectivity index is 1.76. The van der Waals surface area contributed by atoms with Crippen molar-refractivity contribution in [1.82, 2.24) is 9.55 Å². The van der Waals surface area contributed by atoms with Gasteiger partial charge in [-0.1, -0.05) is 13.8 Å². The third-order valence-corrected chi connectivity index (χ3v) is 6.94. The average Bonchev–Trinajstić information content (AvgIpc) is 3.35. The van der Waals surface area contributed by atoms with Crippen molar-refractivity contribution in [3.8, 4) is 0 Å². The van der Waals surface area contributed by atoms with Crippen LogP contribution in [0.4, 0.5) is 10.3 Å². The Bertz CT molecular complexity index is 963. The van der Waals surface area contributed by atoms with Gasteiger partial charge in [0, 0.05) is 12.0 Å². The predicted molar refractivity (Wildman–Crippen MR) is 112 cm³/mol. The van der Waals surface area contributed by atoms with Gasteiger partial charge in [-0.15, -0.1) is 0 Å². The van der Waals surface area contributed by atoms with E-state index in [1.54, 1.807) is 19.9 Å². The van der Waals surface area contributed by atoms with Crippen molar-refractivity contribution in [3.63, 3.8) is 0 Å². The molecule has 1 amide bonds. The van der Waals surface area contributed by atoms with Crippen molar-refractivity contribution >= 4 is 22.9 Å². The number of rotatable bonds is 6. The third-order valence-electron chi connectivity index (χ3n) is 6.94.